The van der Waals surface area contributed by atoms with E-state index in [1.807, 2.05) is 0 Å². The monoisotopic (exact) mass is 358 g/mol. The van der Waals surface area contributed by atoms with Gasteiger partial charge in [-0.05, 0) is 12.1 Å². The van der Waals surface area contributed by atoms with Crippen molar-refractivity contribution in [2.45, 2.75) is 31.2 Å². The van der Waals surface area contributed by atoms with Crippen LogP contribution in [0.25, 0.3) is 10.9 Å². The summed E-state index contributed by atoms with van der Waals surface area (Å²) in [6, 6.07) is 7.18. The molecule has 1 amide bonds. The van der Waals surface area contributed by atoms with Gasteiger partial charge in [0.25, 0.3) is 5.92 Å². The van der Waals surface area contributed by atoms with E-state index in [0.29, 0.717) is 22.2 Å². The zero-order valence-corrected chi connectivity index (χ0v) is 13.8. The van der Waals surface area contributed by atoms with Gasteiger partial charge < -0.3 is 10.6 Å². The van der Waals surface area contributed by atoms with Gasteiger partial charge in [0.1, 0.15) is 6.04 Å². The number of hydrogen-bond acceptors (Lipinski definition) is 5. The number of carbonyl (C=O) groups excluding carboxylic acids is 2. The molecule has 1 aliphatic rings. The topological polar surface area (TPSA) is 100 Å². The number of benzene rings is 1. The molecular formula is C18H16F2N4O2. The van der Waals surface area contributed by atoms with Gasteiger partial charge in [-0.2, -0.15) is 5.26 Å². The quantitative estimate of drug-likeness (QED) is 0.669. The highest BCUT2D eigenvalue weighted by atomic mass is 19.3. The average Bonchev–Trinajstić information content (AvgIpc) is 2.94. The van der Waals surface area contributed by atoms with Gasteiger partial charge in [-0.3, -0.25) is 14.6 Å². The van der Waals surface area contributed by atoms with Crippen molar-refractivity contribution < 1.29 is 18.4 Å². The Morgan fingerprint density at radius 1 is 1.35 bits per heavy atom. The van der Waals surface area contributed by atoms with Crippen molar-refractivity contribution in [3.05, 3.63) is 36.0 Å². The number of amides is 1. The zero-order chi connectivity index (χ0) is 18.9. The second-order valence-corrected chi connectivity index (χ2v) is 6.25. The lowest BCUT2D eigenvalue weighted by atomic mass is 10.0. The summed E-state index contributed by atoms with van der Waals surface area (Å²) in [5.74, 6) is -4.01. The normalized spacial score (nSPS) is 18.7. The average molecular weight is 358 g/mol. The molecule has 8 heteroatoms. The van der Waals surface area contributed by atoms with E-state index in [0.717, 1.165) is 4.90 Å². The number of nitrogen functional groups attached to an aromatic ring is 1. The van der Waals surface area contributed by atoms with Crippen LogP contribution in [0, 0.1) is 11.3 Å². The van der Waals surface area contributed by atoms with Crippen LogP contribution in [0.5, 0.6) is 0 Å². The largest absolute Gasteiger partial charge is 0.397 e. The summed E-state index contributed by atoms with van der Waals surface area (Å²) in [5, 5.41) is 9.53. The Hall–Kier alpha value is -3.08. The molecule has 0 saturated carbocycles. The summed E-state index contributed by atoms with van der Waals surface area (Å²) in [7, 11) is 0. The molecule has 1 aromatic carbocycles. The van der Waals surface area contributed by atoms with Gasteiger partial charge in [-0.15, -0.1) is 0 Å². The van der Waals surface area contributed by atoms with Gasteiger partial charge in [0.15, 0.2) is 5.78 Å². The molecule has 0 unspecified atom stereocenters. The first-order valence-electron chi connectivity index (χ1n) is 8.06. The number of anilines is 1. The Morgan fingerprint density at radius 3 is 2.85 bits per heavy atom. The molecule has 0 spiro atoms. The van der Waals surface area contributed by atoms with E-state index in [2.05, 4.69) is 4.98 Å². The van der Waals surface area contributed by atoms with E-state index >= 15 is 0 Å². The number of Topliss-reactive ketones (excluding diaryl/α,β-unsaturated/α-hetero) is 1. The molecule has 1 fully saturated rings. The van der Waals surface area contributed by atoms with Crippen LogP contribution in [0.15, 0.2) is 30.5 Å². The van der Waals surface area contributed by atoms with Crippen LogP contribution in [0.1, 0.15) is 29.6 Å². The predicted octanol–water partition coefficient (Wildman–Crippen LogP) is 2.54. The van der Waals surface area contributed by atoms with Crippen molar-refractivity contribution in [3.63, 3.8) is 0 Å². The lowest BCUT2D eigenvalue weighted by Gasteiger charge is -2.18. The number of aromatic nitrogens is 1. The van der Waals surface area contributed by atoms with Gasteiger partial charge in [0.05, 0.1) is 23.8 Å². The minimum atomic E-state index is -3.07. The summed E-state index contributed by atoms with van der Waals surface area (Å²) in [6.07, 6.45) is 0.407. The molecule has 0 bridgehead atoms. The highest BCUT2D eigenvalue weighted by molar-refractivity contribution is 6.09. The van der Waals surface area contributed by atoms with Gasteiger partial charge in [0, 0.05) is 36.4 Å². The third-order valence-electron chi connectivity index (χ3n) is 4.41. The minimum absolute atomic E-state index is 0.146. The van der Waals surface area contributed by atoms with Crippen molar-refractivity contribution in [2.75, 3.05) is 12.3 Å². The van der Waals surface area contributed by atoms with Gasteiger partial charge in [0.2, 0.25) is 5.91 Å². The van der Waals surface area contributed by atoms with Crippen LogP contribution in [-0.2, 0) is 4.79 Å². The maximum absolute atomic E-state index is 13.4. The molecule has 6 nitrogen and oxygen atoms in total. The smallest absolute Gasteiger partial charge is 0.268 e. The SMILES string of the molecule is N#C[C@@H]1CC(F)(F)CN1C(=O)CCC(=O)c1ccnc2c(N)cccc12. The number of alkyl halides is 2. The molecule has 1 atom stereocenters. The molecule has 2 N–H and O–H groups in total. The van der Waals surface area contributed by atoms with E-state index in [4.69, 9.17) is 11.0 Å². The third-order valence-corrected chi connectivity index (χ3v) is 4.41. The Kier molecular flexibility index (Phi) is 4.55. The van der Waals surface area contributed by atoms with Gasteiger partial charge in [-0.1, -0.05) is 12.1 Å². The summed E-state index contributed by atoms with van der Waals surface area (Å²) >= 11 is 0. The van der Waals surface area contributed by atoms with Crippen molar-refractivity contribution >= 4 is 28.3 Å². The van der Waals surface area contributed by atoms with Crippen LogP contribution in [0.3, 0.4) is 0 Å². The third kappa shape index (κ3) is 3.33. The van der Waals surface area contributed by atoms with Crippen LogP contribution in [-0.4, -0.2) is 40.1 Å². The van der Waals surface area contributed by atoms with Crippen LogP contribution in [0.2, 0.25) is 0 Å². The maximum Gasteiger partial charge on any atom is 0.268 e. The molecular weight excluding hydrogens is 342 g/mol. The number of hydrogen-bond donors (Lipinski definition) is 1. The number of nitrogens with zero attached hydrogens (tertiary/aromatic N) is 3. The van der Waals surface area contributed by atoms with E-state index in [-0.39, 0.29) is 18.6 Å². The van der Waals surface area contributed by atoms with Gasteiger partial charge in [-0.25, -0.2) is 8.78 Å². The van der Waals surface area contributed by atoms with E-state index in [9.17, 15) is 18.4 Å². The first-order chi connectivity index (χ1) is 12.3. The van der Waals surface area contributed by atoms with Crippen molar-refractivity contribution in [1.29, 1.82) is 5.26 Å². The van der Waals surface area contributed by atoms with Crippen LogP contribution < -0.4 is 5.73 Å². The molecule has 3 rings (SSSR count). The van der Waals surface area contributed by atoms with Crippen LogP contribution in [0.4, 0.5) is 14.5 Å². The Labute approximate surface area is 148 Å². The summed E-state index contributed by atoms with van der Waals surface area (Å²) in [4.78, 5) is 29.7. The lowest BCUT2D eigenvalue weighted by Crippen LogP contribution is -2.36. The second kappa shape index (κ2) is 6.67. The number of para-hydroxylation sites is 1. The fourth-order valence-electron chi connectivity index (χ4n) is 3.14. The second-order valence-electron chi connectivity index (χ2n) is 6.25. The Balaban J connectivity index is 1.73. The van der Waals surface area contributed by atoms with E-state index in [1.54, 1.807) is 24.3 Å². The molecule has 2 heterocycles. The molecule has 134 valence electrons. The first-order valence-corrected chi connectivity index (χ1v) is 8.06. The van der Waals surface area contributed by atoms with Crippen molar-refractivity contribution in [1.82, 2.24) is 9.88 Å². The lowest BCUT2D eigenvalue weighted by molar-refractivity contribution is -0.132. The summed E-state index contributed by atoms with van der Waals surface area (Å²) in [5.41, 5.74) is 7.15. The Morgan fingerprint density at radius 2 is 2.12 bits per heavy atom. The fraction of sp³-hybridized carbons (Fsp3) is 0.333. The fourth-order valence-corrected chi connectivity index (χ4v) is 3.14. The molecule has 1 aromatic heterocycles. The highest BCUT2D eigenvalue weighted by Gasteiger charge is 2.47. The Bertz CT molecular complexity index is 923. The number of halogens is 2. The number of carbonyl (C=O) groups is 2. The maximum atomic E-state index is 13.4. The molecule has 0 aliphatic carbocycles. The van der Waals surface area contributed by atoms with Crippen molar-refractivity contribution in [3.8, 4) is 6.07 Å². The van der Waals surface area contributed by atoms with E-state index in [1.165, 1.54) is 12.3 Å². The van der Waals surface area contributed by atoms with Gasteiger partial charge >= 0.3 is 0 Å². The number of ketones is 1. The number of nitrogens with two attached hydrogens (primary N) is 1. The summed E-state index contributed by atoms with van der Waals surface area (Å²) in [6.45, 7) is -0.785. The molecule has 0 radical (unpaired) electrons. The van der Waals surface area contributed by atoms with Crippen molar-refractivity contribution in [2.24, 2.45) is 0 Å². The number of fused-ring (bicyclic) bond motifs is 1. The number of nitriles is 1. The standard InChI is InChI=1S/C18H16F2N4O2/c19-18(20)8-11(9-21)24(10-18)16(26)5-4-15(25)12-6-7-23-17-13(12)2-1-3-14(17)22/h1-3,6-7,11H,4-5,8,10,22H2/t11-/m0/s1. The highest BCUT2D eigenvalue weighted by Crippen LogP contribution is 2.32. The first kappa shape index (κ1) is 17.7. The number of likely N-dealkylation sites (tertiary alicyclic amines) is 1. The molecule has 2 aromatic rings. The molecule has 1 saturated heterocycles. The predicted molar refractivity (Wildman–Crippen MR) is 90.4 cm³/mol. The minimum Gasteiger partial charge on any atom is -0.397 e. The molecule has 1 aliphatic heterocycles. The number of rotatable bonds is 4. The van der Waals surface area contributed by atoms with Crippen LogP contribution >= 0.6 is 0 Å². The summed E-state index contributed by atoms with van der Waals surface area (Å²) < 4.78 is 26.9. The zero-order valence-electron chi connectivity index (χ0n) is 13.8. The van der Waals surface area contributed by atoms with E-state index < -0.39 is 30.8 Å². The molecule has 26 heavy (non-hydrogen) atoms. The number of pyridine rings is 1.